The minimum absolute atomic E-state index is 0.0286. The third-order valence-electron chi connectivity index (χ3n) is 5.65. The summed E-state index contributed by atoms with van der Waals surface area (Å²) in [6.45, 7) is 4.34. The second kappa shape index (κ2) is 9.36. The normalized spacial score (nSPS) is 18.8. The Balaban J connectivity index is 1.37. The van der Waals surface area contributed by atoms with Gasteiger partial charge in [-0.1, -0.05) is 0 Å². The van der Waals surface area contributed by atoms with Crippen LogP contribution in [0.15, 0.2) is 36.7 Å². The number of nitrogen functional groups attached to an aromatic ring is 1. The number of carbonyl (C=O) groups is 1. The van der Waals surface area contributed by atoms with E-state index in [1.807, 2.05) is 50.2 Å². The SMILES string of the molecule is COC(=O)CN[PH](C)(OCC1CC(n2cnc3c(C)nc(N)nc32)C1)Oc1ccccc1. The van der Waals surface area contributed by atoms with E-state index < -0.39 is 7.87 Å². The van der Waals surface area contributed by atoms with Crippen LogP contribution in [0.4, 0.5) is 5.95 Å². The molecule has 1 saturated carbocycles. The van der Waals surface area contributed by atoms with Gasteiger partial charge >= 0.3 is 187 Å². The van der Waals surface area contributed by atoms with Crippen LogP contribution in [0.1, 0.15) is 24.6 Å². The van der Waals surface area contributed by atoms with Gasteiger partial charge in [0.05, 0.1) is 0 Å². The summed E-state index contributed by atoms with van der Waals surface area (Å²) in [5, 5.41) is 3.15. The number of benzene rings is 1. The van der Waals surface area contributed by atoms with Crippen molar-refractivity contribution < 1.29 is 18.6 Å². The van der Waals surface area contributed by atoms with Crippen LogP contribution in [-0.2, 0) is 14.1 Å². The van der Waals surface area contributed by atoms with E-state index in [0.29, 0.717) is 18.3 Å². The minimum atomic E-state index is -2.87. The second-order valence-electron chi connectivity index (χ2n) is 8.08. The maximum absolute atomic E-state index is 11.6. The molecule has 1 fully saturated rings. The first kappa shape index (κ1) is 22.4. The number of esters is 1. The molecule has 0 saturated heterocycles. The number of imidazole rings is 1. The van der Waals surface area contributed by atoms with Gasteiger partial charge in [-0.25, -0.2) is 0 Å². The van der Waals surface area contributed by atoms with Crippen molar-refractivity contribution in [1.29, 1.82) is 0 Å². The molecule has 1 aliphatic carbocycles. The zero-order valence-electron chi connectivity index (χ0n) is 18.4. The summed E-state index contributed by atoms with van der Waals surface area (Å²) in [5.74, 6) is 0.954. The molecule has 0 spiro atoms. The van der Waals surface area contributed by atoms with Crippen LogP contribution < -0.4 is 15.3 Å². The van der Waals surface area contributed by atoms with Crippen molar-refractivity contribution in [3.8, 4) is 5.75 Å². The molecule has 0 unspecified atom stereocenters. The summed E-state index contributed by atoms with van der Waals surface area (Å²) < 4.78 is 19.2. The van der Waals surface area contributed by atoms with Gasteiger partial charge in [-0.05, 0) is 0 Å². The third-order valence-corrected chi connectivity index (χ3v) is 7.81. The Labute approximate surface area is 187 Å². The Bertz CT molecular complexity index is 1090. The Hall–Kier alpha value is -2.81. The number of aromatic nitrogens is 4. The van der Waals surface area contributed by atoms with Gasteiger partial charge in [-0.15, -0.1) is 0 Å². The first-order valence-corrected chi connectivity index (χ1v) is 12.8. The summed E-state index contributed by atoms with van der Waals surface area (Å²) in [7, 11) is -1.51. The molecule has 3 aromatic rings. The molecule has 0 radical (unpaired) electrons. The zero-order valence-corrected chi connectivity index (χ0v) is 19.4. The number of carbonyl (C=O) groups excluding carboxylic acids is 1. The van der Waals surface area contributed by atoms with Crippen LogP contribution in [0.5, 0.6) is 5.75 Å². The van der Waals surface area contributed by atoms with E-state index in [1.165, 1.54) is 7.11 Å². The average Bonchev–Trinajstić information content (AvgIpc) is 3.15. The van der Waals surface area contributed by atoms with Crippen molar-refractivity contribution in [2.75, 3.05) is 32.7 Å². The number of hydrogen-bond acceptors (Lipinski definition) is 9. The second-order valence-corrected chi connectivity index (χ2v) is 10.8. The van der Waals surface area contributed by atoms with Crippen molar-refractivity contribution in [3.63, 3.8) is 0 Å². The zero-order chi connectivity index (χ0) is 22.7. The van der Waals surface area contributed by atoms with Crippen LogP contribution >= 0.6 is 7.87 Å². The molecular weight excluding hydrogens is 431 g/mol. The summed E-state index contributed by atoms with van der Waals surface area (Å²) in [5.41, 5.74) is 8.15. The van der Waals surface area contributed by atoms with Crippen LogP contribution in [-0.4, -0.2) is 52.4 Å². The number of methoxy groups -OCH3 is 1. The summed E-state index contributed by atoms with van der Waals surface area (Å²) in [6.07, 6.45) is 3.67. The molecule has 0 bridgehead atoms. The van der Waals surface area contributed by atoms with E-state index in [0.717, 1.165) is 29.7 Å². The van der Waals surface area contributed by atoms with Gasteiger partial charge in [0.25, 0.3) is 0 Å². The van der Waals surface area contributed by atoms with Gasteiger partial charge in [-0.2, -0.15) is 0 Å². The van der Waals surface area contributed by atoms with Gasteiger partial charge in [0.2, 0.25) is 0 Å². The van der Waals surface area contributed by atoms with Crippen molar-refractivity contribution in [2.24, 2.45) is 5.92 Å². The number of anilines is 1. The number of nitrogens with zero attached hydrogens (tertiary/aromatic N) is 4. The van der Waals surface area contributed by atoms with Gasteiger partial charge in [-0.3, -0.25) is 0 Å². The quantitative estimate of drug-likeness (QED) is 0.366. The molecule has 3 N–H and O–H groups in total. The third kappa shape index (κ3) is 4.98. The molecule has 0 amide bonds. The first-order valence-electron chi connectivity index (χ1n) is 10.5. The topological polar surface area (TPSA) is 126 Å². The number of aryl methyl sites for hydroxylation is 1. The van der Waals surface area contributed by atoms with E-state index >= 15 is 0 Å². The maximum atomic E-state index is 11.6. The van der Waals surface area contributed by atoms with Gasteiger partial charge < -0.3 is 0 Å². The van der Waals surface area contributed by atoms with Crippen LogP contribution in [0, 0.1) is 12.8 Å². The molecule has 172 valence electrons. The molecule has 0 aliphatic heterocycles. The summed E-state index contributed by atoms with van der Waals surface area (Å²) in [6, 6.07) is 9.74. The number of para-hydroxylation sites is 1. The Morgan fingerprint density at radius 1 is 1.28 bits per heavy atom. The molecule has 2 heterocycles. The molecule has 32 heavy (non-hydrogen) atoms. The molecular formula is C21H29N6O4P. The molecule has 4 rings (SSSR count). The predicted molar refractivity (Wildman–Crippen MR) is 124 cm³/mol. The Kier molecular flexibility index (Phi) is 6.55. The van der Waals surface area contributed by atoms with Crippen LogP contribution in [0.2, 0.25) is 0 Å². The first-order chi connectivity index (χ1) is 15.4. The average molecular weight is 460 g/mol. The number of fused-ring (bicyclic) bond motifs is 1. The van der Waals surface area contributed by atoms with E-state index in [9.17, 15) is 4.79 Å². The standard InChI is InChI=1S/C21H29N6O4P/c1-14-19-20(26-21(22)25-14)27(13-23-19)16-9-15(10-16)12-30-32(3,24-11-18(28)29-2)31-17-7-5-4-6-8-17/h4-8,13,15-16,24,32H,9-12H2,1-3H3,(H2,22,25,26). The van der Waals surface area contributed by atoms with Gasteiger partial charge in [0, 0.05) is 0 Å². The Morgan fingerprint density at radius 2 is 2.03 bits per heavy atom. The number of nitrogens with one attached hydrogen (secondary N) is 1. The number of nitrogens with two attached hydrogens (primary N) is 1. The van der Waals surface area contributed by atoms with Crippen molar-refractivity contribution in [2.45, 2.75) is 25.8 Å². The fourth-order valence-electron chi connectivity index (χ4n) is 3.82. The number of hydrogen-bond donors (Lipinski definition) is 2. The molecule has 2 aromatic heterocycles. The van der Waals surface area contributed by atoms with E-state index in [4.69, 9.17) is 19.5 Å². The van der Waals surface area contributed by atoms with E-state index in [2.05, 4.69) is 24.6 Å². The van der Waals surface area contributed by atoms with Crippen molar-refractivity contribution in [1.82, 2.24) is 24.6 Å². The fourth-order valence-corrected chi connectivity index (χ4v) is 5.66. The van der Waals surface area contributed by atoms with Crippen molar-refractivity contribution in [3.05, 3.63) is 42.4 Å². The predicted octanol–water partition coefficient (Wildman–Crippen LogP) is 2.65. The molecule has 11 heteroatoms. The van der Waals surface area contributed by atoms with Crippen LogP contribution in [0.3, 0.4) is 0 Å². The fraction of sp³-hybridized carbons (Fsp3) is 0.429. The number of rotatable bonds is 9. The number of ether oxygens (including phenoxy) is 1. The van der Waals surface area contributed by atoms with Crippen LogP contribution in [0.25, 0.3) is 11.2 Å². The molecule has 10 nitrogen and oxygen atoms in total. The Morgan fingerprint density at radius 3 is 2.75 bits per heavy atom. The summed E-state index contributed by atoms with van der Waals surface area (Å²) in [4.78, 5) is 24.7. The molecule has 1 aliphatic rings. The van der Waals surface area contributed by atoms with E-state index in [-0.39, 0.29) is 24.5 Å². The molecule has 0 atom stereocenters. The van der Waals surface area contributed by atoms with Gasteiger partial charge in [0.1, 0.15) is 0 Å². The molecule has 1 aromatic carbocycles. The van der Waals surface area contributed by atoms with Crippen molar-refractivity contribution >= 4 is 30.9 Å². The summed E-state index contributed by atoms with van der Waals surface area (Å²) >= 11 is 0. The van der Waals surface area contributed by atoms with Gasteiger partial charge in [0.15, 0.2) is 0 Å². The van der Waals surface area contributed by atoms with E-state index in [1.54, 1.807) is 0 Å². The monoisotopic (exact) mass is 460 g/mol.